The third-order valence-electron chi connectivity index (χ3n) is 3.79. The maximum absolute atomic E-state index is 13.8. The lowest BCUT2D eigenvalue weighted by Gasteiger charge is -2.16. The highest BCUT2D eigenvalue weighted by molar-refractivity contribution is 5.89. The lowest BCUT2D eigenvalue weighted by molar-refractivity contribution is 0.0595. The average molecular weight is 265 g/mol. The molecule has 2 rings (SSSR count). The molecule has 1 aromatic carbocycles. The first-order valence-corrected chi connectivity index (χ1v) is 6.73. The van der Waals surface area contributed by atoms with Gasteiger partial charge in [0.25, 0.3) is 0 Å². The molecule has 1 atom stereocenters. The van der Waals surface area contributed by atoms with E-state index in [0.717, 1.165) is 31.1 Å². The van der Waals surface area contributed by atoms with Crippen LogP contribution in [0.25, 0.3) is 0 Å². The van der Waals surface area contributed by atoms with Gasteiger partial charge in [-0.15, -0.1) is 0 Å². The van der Waals surface area contributed by atoms with Gasteiger partial charge in [0.15, 0.2) is 0 Å². The van der Waals surface area contributed by atoms with Crippen molar-refractivity contribution >= 4 is 5.97 Å². The number of carbonyl (C=O) groups is 1. The van der Waals surface area contributed by atoms with E-state index in [4.69, 9.17) is 0 Å². The van der Waals surface area contributed by atoms with Crippen molar-refractivity contribution in [3.63, 3.8) is 0 Å². The van der Waals surface area contributed by atoms with Crippen LogP contribution in [0.15, 0.2) is 18.2 Å². The second-order valence-electron chi connectivity index (χ2n) is 5.10. The monoisotopic (exact) mass is 265 g/mol. The molecule has 1 saturated heterocycles. The third kappa shape index (κ3) is 3.32. The van der Waals surface area contributed by atoms with Crippen LogP contribution in [-0.2, 0) is 11.3 Å². The van der Waals surface area contributed by atoms with Crippen molar-refractivity contribution in [2.45, 2.75) is 26.3 Å². The number of benzene rings is 1. The quantitative estimate of drug-likeness (QED) is 0.784. The van der Waals surface area contributed by atoms with Crippen molar-refractivity contribution in [1.29, 1.82) is 0 Å². The number of ether oxygens (including phenoxy) is 1. The lowest BCUT2D eigenvalue weighted by Crippen LogP contribution is -2.20. The normalized spacial score (nSPS) is 19.6. The average Bonchev–Trinajstić information content (AvgIpc) is 2.86. The molecular weight excluding hydrogens is 245 g/mol. The molecule has 0 saturated carbocycles. The lowest BCUT2D eigenvalue weighted by atomic mass is 10.1. The van der Waals surface area contributed by atoms with E-state index in [1.807, 2.05) is 0 Å². The molecule has 3 nitrogen and oxygen atoms in total. The fourth-order valence-corrected chi connectivity index (χ4v) is 2.58. The topological polar surface area (TPSA) is 29.5 Å². The molecule has 0 N–H and O–H groups in total. The molecule has 4 heteroatoms. The predicted molar refractivity (Wildman–Crippen MR) is 71.4 cm³/mol. The van der Waals surface area contributed by atoms with Gasteiger partial charge < -0.3 is 4.74 Å². The van der Waals surface area contributed by atoms with E-state index in [2.05, 4.69) is 16.6 Å². The number of methoxy groups -OCH3 is 1. The number of hydrogen-bond donors (Lipinski definition) is 0. The van der Waals surface area contributed by atoms with Gasteiger partial charge in [-0.2, -0.15) is 0 Å². The summed E-state index contributed by atoms with van der Waals surface area (Å²) in [5, 5.41) is 0. The molecule has 1 aliphatic rings. The van der Waals surface area contributed by atoms with Crippen molar-refractivity contribution < 1.29 is 13.9 Å². The summed E-state index contributed by atoms with van der Waals surface area (Å²) in [6.07, 6.45) is 2.42. The summed E-state index contributed by atoms with van der Waals surface area (Å²) in [6.45, 7) is 5.10. The Morgan fingerprint density at radius 3 is 2.89 bits per heavy atom. The minimum atomic E-state index is -0.628. The molecule has 1 fully saturated rings. The van der Waals surface area contributed by atoms with Crippen LogP contribution in [-0.4, -0.2) is 31.1 Å². The van der Waals surface area contributed by atoms with Crippen LogP contribution >= 0.6 is 0 Å². The first kappa shape index (κ1) is 14.0. The number of hydrogen-bond acceptors (Lipinski definition) is 3. The highest BCUT2D eigenvalue weighted by atomic mass is 19.1. The number of esters is 1. The zero-order chi connectivity index (χ0) is 13.8. The molecule has 0 aliphatic carbocycles. The smallest absolute Gasteiger partial charge is 0.340 e. The minimum Gasteiger partial charge on any atom is -0.465 e. The molecule has 0 spiro atoms. The second kappa shape index (κ2) is 6.15. The first-order valence-electron chi connectivity index (χ1n) is 6.73. The van der Waals surface area contributed by atoms with Gasteiger partial charge in [0.2, 0.25) is 0 Å². The van der Waals surface area contributed by atoms with Crippen molar-refractivity contribution in [1.82, 2.24) is 4.90 Å². The number of rotatable bonds is 4. The van der Waals surface area contributed by atoms with E-state index in [1.165, 1.54) is 32.1 Å². The van der Waals surface area contributed by atoms with E-state index >= 15 is 0 Å². The van der Waals surface area contributed by atoms with Gasteiger partial charge in [-0.05, 0) is 36.6 Å². The van der Waals surface area contributed by atoms with Gasteiger partial charge in [-0.1, -0.05) is 19.4 Å². The minimum absolute atomic E-state index is 0.000827. The van der Waals surface area contributed by atoms with Gasteiger partial charge in [-0.25, -0.2) is 9.18 Å². The molecule has 0 bridgehead atoms. The zero-order valence-electron chi connectivity index (χ0n) is 11.5. The number of halogens is 1. The Morgan fingerprint density at radius 2 is 2.32 bits per heavy atom. The van der Waals surface area contributed by atoms with Crippen molar-refractivity contribution in [2.75, 3.05) is 20.2 Å². The van der Waals surface area contributed by atoms with Crippen LogP contribution in [0.5, 0.6) is 0 Å². The Balaban J connectivity index is 2.02. The number of nitrogens with zero attached hydrogens (tertiary/aromatic N) is 1. The standard InChI is InChI=1S/C15H20FNO2/c1-3-11-6-7-17(9-11)10-12-4-5-13(14(16)8-12)15(18)19-2/h4-5,8,11H,3,6-7,9-10H2,1-2H3. The van der Waals surface area contributed by atoms with Crippen LogP contribution in [0.1, 0.15) is 35.7 Å². The van der Waals surface area contributed by atoms with Gasteiger partial charge >= 0.3 is 5.97 Å². The van der Waals surface area contributed by atoms with E-state index in [-0.39, 0.29) is 5.56 Å². The number of likely N-dealkylation sites (tertiary alicyclic amines) is 1. The molecule has 1 heterocycles. The Kier molecular flexibility index (Phi) is 4.53. The number of carbonyl (C=O) groups excluding carboxylic acids is 1. The Labute approximate surface area is 113 Å². The molecule has 1 aliphatic heterocycles. The molecule has 19 heavy (non-hydrogen) atoms. The van der Waals surface area contributed by atoms with Gasteiger partial charge in [0.05, 0.1) is 12.7 Å². The van der Waals surface area contributed by atoms with Crippen LogP contribution < -0.4 is 0 Å². The SMILES string of the molecule is CCC1CCN(Cc2ccc(C(=O)OC)c(F)c2)C1. The molecule has 0 amide bonds. The summed E-state index contributed by atoms with van der Waals surface area (Å²) in [5.74, 6) is -0.369. The molecular formula is C15H20FNO2. The summed E-state index contributed by atoms with van der Waals surface area (Å²) in [5.41, 5.74) is 0.904. The van der Waals surface area contributed by atoms with Gasteiger partial charge in [-0.3, -0.25) is 4.90 Å². The highest BCUT2D eigenvalue weighted by Gasteiger charge is 2.21. The summed E-state index contributed by atoms with van der Waals surface area (Å²) in [4.78, 5) is 13.6. The Bertz CT molecular complexity index is 461. The Morgan fingerprint density at radius 1 is 1.53 bits per heavy atom. The van der Waals surface area contributed by atoms with Crippen molar-refractivity contribution in [3.8, 4) is 0 Å². The van der Waals surface area contributed by atoms with E-state index < -0.39 is 11.8 Å². The molecule has 1 unspecified atom stereocenters. The van der Waals surface area contributed by atoms with Crippen LogP contribution in [0.3, 0.4) is 0 Å². The molecule has 0 aromatic heterocycles. The molecule has 104 valence electrons. The molecule has 1 aromatic rings. The Hall–Kier alpha value is -1.42. The van der Waals surface area contributed by atoms with E-state index in [1.54, 1.807) is 6.07 Å². The second-order valence-corrected chi connectivity index (χ2v) is 5.10. The van der Waals surface area contributed by atoms with Crippen LogP contribution in [0.4, 0.5) is 4.39 Å². The largest absolute Gasteiger partial charge is 0.465 e. The predicted octanol–water partition coefficient (Wildman–Crippen LogP) is 2.84. The highest BCUT2D eigenvalue weighted by Crippen LogP contribution is 2.21. The summed E-state index contributed by atoms with van der Waals surface area (Å²) in [7, 11) is 1.25. The zero-order valence-corrected chi connectivity index (χ0v) is 11.5. The fraction of sp³-hybridized carbons (Fsp3) is 0.533. The van der Waals surface area contributed by atoms with Crippen LogP contribution in [0.2, 0.25) is 0 Å². The van der Waals surface area contributed by atoms with Crippen molar-refractivity contribution in [2.24, 2.45) is 5.92 Å². The van der Waals surface area contributed by atoms with E-state index in [0.29, 0.717) is 0 Å². The fourth-order valence-electron chi connectivity index (χ4n) is 2.58. The summed E-state index contributed by atoms with van der Waals surface area (Å²) < 4.78 is 18.3. The molecule has 0 radical (unpaired) electrons. The maximum Gasteiger partial charge on any atom is 0.340 e. The third-order valence-corrected chi connectivity index (χ3v) is 3.79. The van der Waals surface area contributed by atoms with E-state index in [9.17, 15) is 9.18 Å². The summed E-state index contributed by atoms with van der Waals surface area (Å²) >= 11 is 0. The van der Waals surface area contributed by atoms with Gasteiger partial charge in [0.1, 0.15) is 5.82 Å². The maximum atomic E-state index is 13.8. The van der Waals surface area contributed by atoms with Crippen molar-refractivity contribution in [3.05, 3.63) is 35.1 Å². The van der Waals surface area contributed by atoms with Crippen LogP contribution in [0, 0.1) is 11.7 Å². The summed E-state index contributed by atoms with van der Waals surface area (Å²) in [6, 6.07) is 4.74. The van der Waals surface area contributed by atoms with Gasteiger partial charge in [0, 0.05) is 13.1 Å². The first-order chi connectivity index (χ1) is 9.13.